The van der Waals surface area contributed by atoms with Crippen LogP contribution in [0.4, 0.5) is 10.1 Å². The molecule has 1 aromatic carbocycles. The van der Waals surface area contributed by atoms with Crippen LogP contribution in [0.15, 0.2) is 24.3 Å². The number of anilines is 1. The summed E-state index contributed by atoms with van der Waals surface area (Å²) in [5.74, 6) is 1.22. The standard InChI is InChI=1S/C19H29FN6/c1-14(2)17(18-21-22-23-26(18)19(3,4)5)25-12-10-24(11-13-25)16-8-6-15(20)7-9-16/h6-9,14,17H,10-13H2,1-5H3/p+1/t17-/m0/s1. The second-order valence-electron chi connectivity index (χ2n) is 8.46. The molecule has 1 N–H and O–H groups in total. The Bertz CT molecular complexity index is 710. The molecular weight excluding hydrogens is 331 g/mol. The Labute approximate surface area is 155 Å². The van der Waals surface area contributed by atoms with Crippen LogP contribution in [-0.4, -0.2) is 46.4 Å². The average molecular weight is 361 g/mol. The molecule has 1 saturated heterocycles. The molecule has 1 aliphatic rings. The van der Waals surface area contributed by atoms with E-state index in [1.807, 2.05) is 16.8 Å². The van der Waals surface area contributed by atoms with Gasteiger partial charge in [-0.05, 0) is 55.5 Å². The van der Waals surface area contributed by atoms with Gasteiger partial charge in [-0.2, -0.15) is 0 Å². The van der Waals surface area contributed by atoms with Crippen LogP contribution in [0.5, 0.6) is 0 Å². The van der Waals surface area contributed by atoms with Crippen LogP contribution in [0.2, 0.25) is 0 Å². The van der Waals surface area contributed by atoms with Gasteiger partial charge in [-0.15, -0.1) is 5.10 Å². The fraction of sp³-hybridized carbons (Fsp3) is 0.632. The summed E-state index contributed by atoms with van der Waals surface area (Å²) >= 11 is 0. The van der Waals surface area contributed by atoms with E-state index in [4.69, 9.17) is 0 Å². The molecule has 0 bridgehead atoms. The minimum absolute atomic E-state index is 0.138. The van der Waals surface area contributed by atoms with Crippen molar-refractivity contribution in [3.63, 3.8) is 0 Å². The number of tetrazole rings is 1. The number of piperazine rings is 1. The third-order valence-electron chi connectivity index (χ3n) is 5.11. The Morgan fingerprint density at radius 1 is 1.08 bits per heavy atom. The first kappa shape index (κ1) is 18.8. The Morgan fingerprint density at radius 2 is 1.69 bits per heavy atom. The van der Waals surface area contributed by atoms with E-state index in [9.17, 15) is 4.39 Å². The monoisotopic (exact) mass is 361 g/mol. The molecule has 0 radical (unpaired) electrons. The molecule has 6 nitrogen and oxygen atoms in total. The molecule has 0 unspecified atom stereocenters. The fourth-order valence-corrected chi connectivity index (χ4v) is 3.83. The summed E-state index contributed by atoms with van der Waals surface area (Å²) in [6.45, 7) is 14.8. The minimum atomic E-state index is -0.188. The van der Waals surface area contributed by atoms with Crippen LogP contribution in [0, 0.1) is 11.7 Å². The van der Waals surface area contributed by atoms with E-state index >= 15 is 0 Å². The zero-order valence-corrected chi connectivity index (χ0v) is 16.4. The highest BCUT2D eigenvalue weighted by Gasteiger charge is 2.37. The quantitative estimate of drug-likeness (QED) is 0.900. The van der Waals surface area contributed by atoms with Gasteiger partial charge < -0.3 is 9.80 Å². The Kier molecular flexibility index (Phi) is 5.27. The molecule has 7 heteroatoms. The van der Waals surface area contributed by atoms with Crippen molar-refractivity contribution in [1.29, 1.82) is 0 Å². The van der Waals surface area contributed by atoms with E-state index < -0.39 is 0 Å². The van der Waals surface area contributed by atoms with Crippen LogP contribution in [-0.2, 0) is 5.54 Å². The first-order valence-electron chi connectivity index (χ1n) is 9.41. The Morgan fingerprint density at radius 3 is 2.23 bits per heavy atom. The molecule has 2 aromatic rings. The van der Waals surface area contributed by atoms with Gasteiger partial charge in [-0.25, -0.2) is 9.07 Å². The summed E-state index contributed by atoms with van der Waals surface area (Å²) in [5, 5.41) is 12.6. The first-order chi connectivity index (χ1) is 12.3. The maximum absolute atomic E-state index is 13.2. The third kappa shape index (κ3) is 3.87. The average Bonchev–Trinajstić information content (AvgIpc) is 3.06. The summed E-state index contributed by atoms with van der Waals surface area (Å²) in [6.07, 6.45) is 0. The van der Waals surface area contributed by atoms with Gasteiger partial charge >= 0.3 is 0 Å². The van der Waals surface area contributed by atoms with Gasteiger partial charge in [0.2, 0.25) is 5.82 Å². The predicted octanol–water partition coefficient (Wildman–Crippen LogP) is 1.67. The molecule has 0 spiro atoms. The topological polar surface area (TPSA) is 51.3 Å². The summed E-state index contributed by atoms with van der Waals surface area (Å²) in [5.41, 5.74) is 0.951. The maximum atomic E-state index is 13.2. The lowest BCUT2D eigenvalue weighted by atomic mass is 9.99. The van der Waals surface area contributed by atoms with Crippen LogP contribution in [0.1, 0.15) is 46.5 Å². The molecule has 2 heterocycles. The van der Waals surface area contributed by atoms with E-state index in [2.05, 4.69) is 55.0 Å². The number of aromatic nitrogens is 4. The lowest BCUT2D eigenvalue weighted by Crippen LogP contribution is -3.15. The molecule has 3 rings (SSSR count). The molecule has 1 fully saturated rings. The van der Waals surface area contributed by atoms with Gasteiger partial charge in [0.25, 0.3) is 0 Å². The van der Waals surface area contributed by atoms with E-state index in [1.165, 1.54) is 17.0 Å². The van der Waals surface area contributed by atoms with Gasteiger partial charge in [-0.3, -0.25) is 0 Å². The zero-order valence-electron chi connectivity index (χ0n) is 16.4. The first-order valence-corrected chi connectivity index (χ1v) is 9.41. The largest absolute Gasteiger partial charge is 0.360 e. The highest BCUT2D eigenvalue weighted by molar-refractivity contribution is 5.46. The number of nitrogens with zero attached hydrogens (tertiary/aromatic N) is 5. The highest BCUT2D eigenvalue weighted by Crippen LogP contribution is 2.22. The number of quaternary nitrogens is 1. The van der Waals surface area contributed by atoms with Crippen molar-refractivity contribution in [3.05, 3.63) is 35.9 Å². The van der Waals surface area contributed by atoms with E-state index in [-0.39, 0.29) is 17.4 Å². The second-order valence-corrected chi connectivity index (χ2v) is 8.46. The number of halogens is 1. The number of benzene rings is 1. The highest BCUT2D eigenvalue weighted by atomic mass is 19.1. The maximum Gasteiger partial charge on any atom is 0.210 e. The van der Waals surface area contributed by atoms with E-state index in [0.717, 1.165) is 37.7 Å². The molecule has 0 amide bonds. The number of nitrogens with one attached hydrogen (secondary N) is 1. The predicted molar refractivity (Wildman–Crippen MR) is 99.7 cm³/mol. The van der Waals surface area contributed by atoms with Gasteiger partial charge in [0.1, 0.15) is 5.82 Å². The van der Waals surface area contributed by atoms with Crippen molar-refractivity contribution in [3.8, 4) is 0 Å². The van der Waals surface area contributed by atoms with Crippen LogP contribution >= 0.6 is 0 Å². The third-order valence-corrected chi connectivity index (χ3v) is 5.11. The lowest BCUT2D eigenvalue weighted by molar-refractivity contribution is -0.937. The summed E-state index contributed by atoms with van der Waals surface area (Å²) in [4.78, 5) is 3.84. The minimum Gasteiger partial charge on any atom is -0.360 e. The fourth-order valence-electron chi connectivity index (χ4n) is 3.83. The van der Waals surface area contributed by atoms with Gasteiger partial charge in [0.05, 0.1) is 31.7 Å². The van der Waals surface area contributed by atoms with Crippen molar-refractivity contribution in [2.45, 2.75) is 46.2 Å². The summed E-state index contributed by atoms with van der Waals surface area (Å²) in [6, 6.07) is 7.05. The molecule has 1 aliphatic heterocycles. The smallest absolute Gasteiger partial charge is 0.210 e. The van der Waals surface area contributed by atoms with Gasteiger partial charge in [0.15, 0.2) is 6.04 Å². The molecule has 142 valence electrons. The van der Waals surface area contributed by atoms with Crippen molar-refractivity contribution < 1.29 is 9.29 Å². The molecule has 26 heavy (non-hydrogen) atoms. The molecule has 0 aliphatic carbocycles. The van der Waals surface area contributed by atoms with Crippen molar-refractivity contribution >= 4 is 5.69 Å². The van der Waals surface area contributed by atoms with E-state index in [0.29, 0.717) is 5.92 Å². The normalized spacial score (nSPS) is 17.7. The Hall–Kier alpha value is -2.02. The van der Waals surface area contributed by atoms with Crippen molar-refractivity contribution in [2.75, 3.05) is 31.1 Å². The number of hydrogen-bond acceptors (Lipinski definition) is 4. The summed E-state index contributed by atoms with van der Waals surface area (Å²) in [7, 11) is 0. The molecule has 1 atom stereocenters. The van der Waals surface area contributed by atoms with Crippen molar-refractivity contribution in [1.82, 2.24) is 20.2 Å². The van der Waals surface area contributed by atoms with Crippen LogP contribution < -0.4 is 9.80 Å². The van der Waals surface area contributed by atoms with Gasteiger partial charge in [-0.1, -0.05) is 13.8 Å². The van der Waals surface area contributed by atoms with Crippen molar-refractivity contribution in [2.24, 2.45) is 5.92 Å². The lowest BCUT2D eigenvalue weighted by Gasteiger charge is -2.39. The number of hydrogen-bond donors (Lipinski definition) is 1. The number of rotatable bonds is 4. The summed E-state index contributed by atoms with van der Waals surface area (Å²) < 4.78 is 15.1. The Balaban J connectivity index is 1.75. The SMILES string of the molecule is CC(C)[C@@H](c1nnnn1C(C)(C)C)[NH+]1CCN(c2ccc(F)cc2)CC1. The molecule has 1 aromatic heterocycles. The van der Waals surface area contributed by atoms with Crippen LogP contribution in [0.3, 0.4) is 0 Å². The van der Waals surface area contributed by atoms with Crippen LogP contribution in [0.25, 0.3) is 0 Å². The zero-order chi connectivity index (χ0) is 18.9. The molecular formula is C19H30FN6+. The van der Waals surface area contributed by atoms with Gasteiger partial charge in [0, 0.05) is 11.6 Å². The second kappa shape index (κ2) is 7.31. The van der Waals surface area contributed by atoms with E-state index in [1.54, 1.807) is 0 Å². The molecule has 0 saturated carbocycles.